The third-order valence-electron chi connectivity index (χ3n) is 4.92. The standard InChI is InChI=1S/C26H41N3O7/c1-18(2)16-21(29-25(33)35-17-19-12-8-7-9-13-19)22(30)28-20(23(31)34-6)14-10-11-15-27-24(32)36-26(3,4)5/h7-9,12-13,18,20-21H,10-11,14-17H2,1-6H3,(H,27,32)(H,28,30)(H,29,33)/t20-,21-/m1/s1. The molecular weight excluding hydrogens is 466 g/mol. The van der Waals surface area contributed by atoms with Crippen molar-refractivity contribution >= 4 is 24.1 Å². The van der Waals surface area contributed by atoms with Gasteiger partial charge in [-0.15, -0.1) is 0 Å². The molecule has 0 aliphatic carbocycles. The summed E-state index contributed by atoms with van der Waals surface area (Å²) in [6.45, 7) is 9.62. The molecule has 10 heteroatoms. The van der Waals surface area contributed by atoms with Gasteiger partial charge >= 0.3 is 18.2 Å². The summed E-state index contributed by atoms with van der Waals surface area (Å²) in [4.78, 5) is 49.3. The normalized spacial score (nSPS) is 12.8. The van der Waals surface area contributed by atoms with Gasteiger partial charge in [-0.3, -0.25) is 4.79 Å². The van der Waals surface area contributed by atoms with Crippen LogP contribution < -0.4 is 16.0 Å². The minimum Gasteiger partial charge on any atom is -0.467 e. The first-order valence-corrected chi connectivity index (χ1v) is 12.2. The maximum Gasteiger partial charge on any atom is 0.408 e. The molecule has 0 aliphatic heterocycles. The van der Waals surface area contributed by atoms with E-state index in [1.807, 2.05) is 44.2 Å². The van der Waals surface area contributed by atoms with Crippen molar-refractivity contribution in [2.75, 3.05) is 13.7 Å². The molecule has 3 amide bonds. The summed E-state index contributed by atoms with van der Waals surface area (Å²) in [7, 11) is 1.25. The first-order valence-electron chi connectivity index (χ1n) is 12.2. The van der Waals surface area contributed by atoms with Crippen molar-refractivity contribution in [3.8, 4) is 0 Å². The molecule has 0 heterocycles. The van der Waals surface area contributed by atoms with Crippen LogP contribution in [0, 0.1) is 5.92 Å². The Labute approximate surface area is 213 Å². The Morgan fingerprint density at radius 2 is 1.58 bits per heavy atom. The number of esters is 1. The number of carbonyl (C=O) groups excluding carboxylic acids is 4. The lowest BCUT2D eigenvalue weighted by Gasteiger charge is -2.23. The minimum atomic E-state index is -0.888. The number of rotatable bonds is 13. The Morgan fingerprint density at radius 1 is 0.917 bits per heavy atom. The number of alkyl carbamates (subject to hydrolysis) is 2. The number of hydrogen-bond donors (Lipinski definition) is 3. The van der Waals surface area contributed by atoms with E-state index in [0.717, 1.165) is 5.56 Å². The van der Waals surface area contributed by atoms with E-state index in [2.05, 4.69) is 16.0 Å². The maximum absolute atomic E-state index is 13.0. The van der Waals surface area contributed by atoms with Crippen LogP contribution in [-0.2, 0) is 30.4 Å². The lowest BCUT2D eigenvalue weighted by atomic mass is 10.0. The Balaban J connectivity index is 2.61. The fourth-order valence-corrected chi connectivity index (χ4v) is 3.25. The molecule has 0 saturated heterocycles. The predicted molar refractivity (Wildman–Crippen MR) is 135 cm³/mol. The van der Waals surface area contributed by atoms with Crippen molar-refractivity contribution in [3.63, 3.8) is 0 Å². The average Bonchev–Trinajstić information content (AvgIpc) is 2.80. The van der Waals surface area contributed by atoms with Crippen LogP contribution in [0.15, 0.2) is 30.3 Å². The van der Waals surface area contributed by atoms with E-state index < -0.39 is 41.7 Å². The molecule has 0 unspecified atom stereocenters. The van der Waals surface area contributed by atoms with Crippen molar-refractivity contribution in [1.29, 1.82) is 0 Å². The number of amides is 3. The van der Waals surface area contributed by atoms with Gasteiger partial charge in [0.05, 0.1) is 7.11 Å². The summed E-state index contributed by atoms with van der Waals surface area (Å²) in [5.41, 5.74) is 0.239. The largest absolute Gasteiger partial charge is 0.467 e. The van der Waals surface area contributed by atoms with E-state index in [-0.39, 0.29) is 12.5 Å². The third-order valence-corrected chi connectivity index (χ3v) is 4.92. The fraction of sp³-hybridized carbons (Fsp3) is 0.615. The Kier molecular flexibility index (Phi) is 13.4. The lowest BCUT2D eigenvalue weighted by molar-refractivity contribution is -0.145. The van der Waals surface area contributed by atoms with Gasteiger partial charge in [0.1, 0.15) is 24.3 Å². The smallest absolute Gasteiger partial charge is 0.408 e. The lowest BCUT2D eigenvalue weighted by Crippen LogP contribution is -2.52. The van der Waals surface area contributed by atoms with Crippen LogP contribution in [0.1, 0.15) is 65.9 Å². The van der Waals surface area contributed by atoms with Gasteiger partial charge < -0.3 is 30.2 Å². The number of methoxy groups -OCH3 is 1. The van der Waals surface area contributed by atoms with Crippen molar-refractivity contribution in [2.24, 2.45) is 5.92 Å². The second-order valence-electron chi connectivity index (χ2n) is 9.90. The molecule has 2 atom stereocenters. The first-order chi connectivity index (χ1) is 16.9. The zero-order chi connectivity index (χ0) is 27.1. The second kappa shape index (κ2) is 15.6. The van der Waals surface area contributed by atoms with Crippen molar-refractivity contribution < 1.29 is 33.4 Å². The highest BCUT2D eigenvalue weighted by molar-refractivity contribution is 5.89. The Bertz CT molecular complexity index is 838. The van der Waals surface area contributed by atoms with Gasteiger partial charge in [-0.1, -0.05) is 44.2 Å². The van der Waals surface area contributed by atoms with Gasteiger partial charge in [-0.25, -0.2) is 14.4 Å². The number of carbonyl (C=O) groups is 4. The molecule has 1 aromatic carbocycles. The summed E-state index contributed by atoms with van der Waals surface area (Å²) in [6.07, 6.45) is 0.546. The molecule has 0 aromatic heterocycles. The number of hydrogen-bond acceptors (Lipinski definition) is 7. The van der Waals surface area contributed by atoms with Crippen LogP contribution in [-0.4, -0.2) is 55.4 Å². The summed E-state index contributed by atoms with van der Waals surface area (Å²) < 4.78 is 15.3. The number of ether oxygens (including phenoxy) is 3. The quantitative estimate of drug-likeness (QED) is 0.211. The summed E-state index contributed by atoms with van der Waals surface area (Å²) in [6, 6.07) is 7.43. The monoisotopic (exact) mass is 507 g/mol. The van der Waals surface area contributed by atoms with E-state index >= 15 is 0 Å². The zero-order valence-electron chi connectivity index (χ0n) is 22.2. The first kappa shape index (κ1) is 30.7. The molecule has 0 spiro atoms. The second-order valence-corrected chi connectivity index (χ2v) is 9.90. The molecule has 10 nitrogen and oxygen atoms in total. The van der Waals surface area contributed by atoms with Gasteiger partial charge in [0.25, 0.3) is 0 Å². The van der Waals surface area contributed by atoms with Crippen LogP contribution in [0.2, 0.25) is 0 Å². The highest BCUT2D eigenvalue weighted by Gasteiger charge is 2.28. The van der Waals surface area contributed by atoms with E-state index in [0.29, 0.717) is 32.2 Å². The van der Waals surface area contributed by atoms with Crippen molar-refractivity contribution in [2.45, 2.75) is 84.6 Å². The van der Waals surface area contributed by atoms with E-state index in [4.69, 9.17) is 14.2 Å². The van der Waals surface area contributed by atoms with E-state index in [1.165, 1.54) is 7.11 Å². The molecule has 0 aliphatic rings. The van der Waals surface area contributed by atoms with E-state index in [1.54, 1.807) is 20.8 Å². The number of benzene rings is 1. The minimum absolute atomic E-state index is 0.0742. The summed E-state index contributed by atoms with van der Waals surface area (Å²) in [5, 5.41) is 7.94. The van der Waals surface area contributed by atoms with Crippen LogP contribution in [0.4, 0.5) is 9.59 Å². The van der Waals surface area contributed by atoms with Gasteiger partial charge in [0.15, 0.2) is 0 Å². The molecule has 1 aromatic rings. The van der Waals surface area contributed by atoms with Crippen LogP contribution in [0.25, 0.3) is 0 Å². The zero-order valence-corrected chi connectivity index (χ0v) is 22.2. The summed E-state index contributed by atoms with van der Waals surface area (Å²) in [5.74, 6) is -0.980. The highest BCUT2D eigenvalue weighted by atomic mass is 16.6. The summed E-state index contributed by atoms with van der Waals surface area (Å²) >= 11 is 0. The molecule has 0 fully saturated rings. The van der Waals surface area contributed by atoms with Crippen LogP contribution in [0.3, 0.4) is 0 Å². The Morgan fingerprint density at radius 3 is 2.17 bits per heavy atom. The molecule has 3 N–H and O–H groups in total. The average molecular weight is 508 g/mol. The van der Waals surface area contributed by atoms with Crippen LogP contribution in [0.5, 0.6) is 0 Å². The van der Waals surface area contributed by atoms with Gasteiger partial charge in [0, 0.05) is 6.54 Å². The van der Waals surface area contributed by atoms with Gasteiger partial charge in [-0.2, -0.15) is 0 Å². The SMILES string of the molecule is COC(=O)[C@@H](CCCCNC(=O)OC(C)(C)C)NC(=O)[C@@H](CC(C)C)NC(=O)OCc1ccccc1. The molecule has 202 valence electrons. The van der Waals surface area contributed by atoms with Crippen molar-refractivity contribution in [1.82, 2.24) is 16.0 Å². The highest BCUT2D eigenvalue weighted by Crippen LogP contribution is 2.10. The van der Waals surface area contributed by atoms with Gasteiger partial charge in [-0.05, 0) is 57.9 Å². The maximum atomic E-state index is 13.0. The van der Waals surface area contributed by atoms with E-state index in [9.17, 15) is 19.2 Å². The fourth-order valence-electron chi connectivity index (χ4n) is 3.25. The Hall–Kier alpha value is -3.30. The molecule has 0 bridgehead atoms. The predicted octanol–water partition coefficient (Wildman–Crippen LogP) is 3.68. The molecule has 0 saturated carbocycles. The molecule has 0 radical (unpaired) electrons. The third kappa shape index (κ3) is 13.6. The topological polar surface area (TPSA) is 132 Å². The number of nitrogens with one attached hydrogen (secondary N) is 3. The van der Waals surface area contributed by atoms with Crippen LogP contribution >= 0.6 is 0 Å². The molecule has 36 heavy (non-hydrogen) atoms. The molecule has 1 rings (SSSR count). The number of unbranched alkanes of at least 4 members (excludes halogenated alkanes) is 1. The van der Waals surface area contributed by atoms with Gasteiger partial charge in [0.2, 0.25) is 5.91 Å². The molecular formula is C26H41N3O7. The van der Waals surface area contributed by atoms with Crippen molar-refractivity contribution in [3.05, 3.63) is 35.9 Å².